The van der Waals surface area contributed by atoms with Crippen molar-refractivity contribution in [2.45, 2.75) is 32.1 Å². The maximum atomic E-state index is 12.6. The summed E-state index contributed by atoms with van der Waals surface area (Å²) >= 11 is 11.8. The van der Waals surface area contributed by atoms with Gasteiger partial charge in [0.05, 0.1) is 16.3 Å². The Hall–Kier alpha value is -2.11. The minimum Gasteiger partial charge on any atom is -0.325 e. The van der Waals surface area contributed by atoms with Gasteiger partial charge in [-0.25, -0.2) is 4.98 Å². The molecule has 7 heteroatoms. The molecule has 136 valence electrons. The van der Waals surface area contributed by atoms with Crippen LogP contribution in [0.15, 0.2) is 36.5 Å². The smallest absolute Gasteiger partial charge is 0.258 e. The monoisotopic (exact) mass is 391 g/mol. The number of hydrogen-bond acceptors (Lipinski definition) is 3. The lowest BCUT2D eigenvalue weighted by Gasteiger charge is -2.21. The number of nitrogens with one attached hydrogen (secondary N) is 2. The van der Waals surface area contributed by atoms with Crippen molar-refractivity contribution < 1.29 is 9.59 Å². The minimum absolute atomic E-state index is 0.00623. The highest BCUT2D eigenvalue weighted by atomic mass is 35.5. The lowest BCUT2D eigenvalue weighted by molar-refractivity contribution is -0.120. The Morgan fingerprint density at radius 2 is 1.69 bits per heavy atom. The van der Waals surface area contributed by atoms with Crippen molar-refractivity contribution in [2.24, 2.45) is 5.92 Å². The van der Waals surface area contributed by atoms with Crippen molar-refractivity contribution in [1.82, 2.24) is 4.98 Å². The molecule has 2 aromatic rings. The number of anilines is 2. The van der Waals surface area contributed by atoms with Gasteiger partial charge >= 0.3 is 0 Å². The number of nitrogens with zero attached hydrogens (tertiary/aromatic N) is 1. The van der Waals surface area contributed by atoms with Gasteiger partial charge in [0.25, 0.3) is 5.91 Å². The van der Waals surface area contributed by atoms with E-state index in [4.69, 9.17) is 23.2 Å². The van der Waals surface area contributed by atoms with Gasteiger partial charge in [-0.05, 0) is 43.2 Å². The molecule has 2 amide bonds. The van der Waals surface area contributed by atoms with Crippen LogP contribution in [0.1, 0.15) is 42.5 Å². The van der Waals surface area contributed by atoms with E-state index >= 15 is 0 Å². The third kappa shape index (κ3) is 4.74. The fourth-order valence-electron chi connectivity index (χ4n) is 3.05. The zero-order chi connectivity index (χ0) is 18.5. The molecule has 0 unspecified atom stereocenters. The molecule has 0 saturated heterocycles. The van der Waals surface area contributed by atoms with E-state index in [-0.39, 0.29) is 11.8 Å². The van der Waals surface area contributed by atoms with Gasteiger partial charge in [0, 0.05) is 17.1 Å². The van der Waals surface area contributed by atoms with Crippen LogP contribution in [-0.4, -0.2) is 16.8 Å². The summed E-state index contributed by atoms with van der Waals surface area (Å²) in [6.45, 7) is 0. The highest BCUT2D eigenvalue weighted by Gasteiger charge is 2.23. The lowest BCUT2D eigenvalue weighted by Crippen LogP contribution is -2.26. The molecule has 0 spiro atoms. The van der Waals surface area contributed by atoms with Crippen LogP contribution in [0.3, 0.4) is 0 Å². The van der Waals surface area contributed by atoms with Crippen LogP contribution in [0, 0.1) is 5.92 Å². The summed E-state index contributed by atoms with van der Waals surface area (Å²) in [7, 11) is 0. The molecule has 5 nitrogen and oxygen atoms in total. The number of hydrogen-bond donors (Lipinski definition) is 2. The Morgan fingerprint density at radius 3 is 2.38 bits per heavy atom. The van der Waals surface area contributed by atoms with E-state index in [0.717, 1.165) is 25.7 Å². The van der Waals surface area contributed by atoms with Crippen molar-refractivity contribution in [3.63, 3.8) is 0 Å². The lowest BCUT2D eigenvalue weighted by atomic mass is 9.88. The van der Waals surface area contributed by atoms with Gasteiger partial charge in [0.2, 0.25) is 5.91 Å². The maximum Gasteiger partial charge on any atom is 0.258 e. The molecule has 2 N–H and O–H groups in total. The first-order chi connectivity index (χ1) is 12.5. The summed E-state index contributed by atoms with van der Waals surface area (Å²) in [6.07, 6.45) is 6.52. The van der Waals surface area contributed by atoms with Crippen LogP contribution in [0.25, 0.3) is 0 Å². The fourth-order valence-corrected chi connectivity index (χ4v) is 3.33. The van der Waals surface area contributed by atoms with Gasteiger partial charge in [0.1, 0.15) is 5.82 Å². The molecule has 1 aliphatic carbocycles. The fraction of sp³-hybridized carbons (Fsp3) is 0.316. The maximum absolute atomic E-state index is 12.6. The molecule has 1 fully saturated rings. The number of halogens is 2. The molecule has 26 heavy (non-hydrogen) atoms. The molecule has 0 radical (unpaired) electrons. The van der Waals surface area contributed by atoms with Crippen molar-refractivity contribution in [2.75, 3.05) is 10.6 Å². The number of rotatable bonds is 4. The van der Waals surface area contributed by atoms with Crippen molar-refractivity contribution >= 4 is 46.5 Å². The van der Waals surface area contributed by atoms with Gasteiger partial charge in [-0.1, -0.05) is 42.5 Å². The Bertz CT molecular complexity index is 803. The van der Waals surface area contributed by atoms with E-state index in [2.05, 4.69) is 15.6 Å². The van der Waals surface area contributed by atoms with E-state index in [1.807, 2.05) is 0 Å². The van der Waals surface area contributed by atoms with Gasteiger partial charge in [-0.15, -0.1) is 0 Å². The molecule has 1 aromatic carbocycles. The van der Waals surface area contributed by atoms with Crippen LogP contribution in [-0.2, 0) is 4.79 Å². The van der Waals surface area contributed by atoms with Crippen LogP contribution in [0.2, 0.25) is 10.0 Å². The molecule has 1 aliphatic rings. The molecule has 0 atom stereocenters. The molecular formula is C19H19Cl2N3O2. The first-order valence-electron chi connectivity index (χ1n) is 8.56. The Morgan fingerprint density at radius 1 is 0.962 bits per heavy atom. The summed E-state index contributed by atoms with van der Waals surface area (Å²) in [5.41, 5.74) is 0.731. The van der Waals surface area contributed by atoms with E-state index in [0.29, 0.717) is 27.1 Å². The van der Waals surface area contributed by atoms with Gasteiger partial charge in [-0.2, -0.15) is 0 Å². The molecule has 1 saturated carbocycles. The number of carbonyl (C=O) groups excluding carboxylic acids is 2. The van der Waals surface area contributed by atoms with Crippen LogP contribution < -0.4 is 10.6 Å². The number of aromatic nitrogens is 1. The number of benzene rings is 1. The van der Waals surface area contributed by atoms with Crippen LogP contribution in [0.5, 0.6) is 0 Å². The summed E-state index contributed by atoms with van der Waals surface area (Å²) in [5.74, 6) is -0.0934. The quantitative estimate of drug-likeness (QED) is 0.755. The second kappa shape index (κ2) is 8.52. The van der Waals surface area contributed by atoms with E-state index in [1.54, 1.807) is 24.3 Å². The second-order valence-electron chi connectivity index (χ2n) is 6.33. The van der Waals surface area contributed by atoms with Crippen molar-refractivity contribution in [3.8, 4) is 0 Å². The SMILES string of the molecule is O=C(Nc1ccc(Cl)cn1)c1cc(Cl)ccc1NC(=O)C1CCCCC1. The first-order valence-corrected chi connectivity index (χ1v) is 9.32. The largest absolute Gasteiger partial charge is 0.325 e. The third-order valence-corrected chi connectivity index (χ3v) is 4.89. The zero-order valence-corrected chi connectivity index (χ0v) is 15.6. The first kappa shape index (κ1) is 18.7. The van der Waals surface area contributed by atoms with Gasteiger partial charge in [0.15, 0.2) is 0 Å². The molecular weight excluding hydrogens is 373 g/mol. The molecule has 3 rings (SSSR count). The van der Waals surface area contributed by atoms with Crippen molar-refractivity contribution in [1.29, 1.82) is 0 Å². The Kier molecular flexibility index (Phi) is 6.12. The van der Waals surface area contributed by atoms with Crippen molar-refractivity contribution in [3.05, 3.63) is 52.1 Å². The predicted octanol–water partition coefficient (Wildman–Crippen LogP) is 5.16. The summed E-state index contributed by atoms with van der Waals surface area (Å²) in [6, 6.07) is 8.06. The average Bonchev–Trinajstić information content (AvgIpc) is 2.65. The summed E-state index contributed by atoms with van der Waals surface area (Å²) in [5, 5.41) is 6.46. The number of pyridine rings is 1. The standard InChI is InChI=1S/C19H19Cl2N3O2/c20-13-6-8-16(23-18(25)12-4-2-1-3-5-12)15(10-13)19(26)24-17-9-7-14(21)11-22-17/h6-12H,1-5H2,(H,23,25)(H,22,24,26). The molecule has 0 bridgehead atoms. The number of carbonyl (C=O) groups is 2. The highest BCUT2D eigenvalue weighted by molar-refractivity contribution is 6.31. The second-order valence-corrected chi connectivity index (χ2v) is 7.20. The Balaban J connectivity index is 1.77. The zero-order valence-electron chi connectivity index (χ0n) is 14.1. The average molecular weight is 392 g/mol. The molecule has 1 heterocycles. The molecule has 0 aliphatic heterocycles. The Labute approximate surface area is 162 Å². The van der Waals surface area contributed by atoms with E-state index in [9.17, 15) is 9.59 Å². The van der Waals surface area contributed by atoms with Gasteiger partial charge in [-0.3, -0.25) is 9.59 Å². The van der Waals surface area contributed by atoms with Gasteiger partial charge < -0.3 is 10.6 Å². The normalized spacial score (nSPS) is 14.7. The molecule has 1 aromatic heterocycles. The highest BCUT2D eigenvalue weighted by Crippen LogP contribution is 2.27. The van der Waals surface area contributed by atoms with E-state index in [1.165, 1.54) is 18.7 Å². The number of amides is 2. The van der Waals surface area contributed by atoms with E-state index < -0.39 is 5.91 Å². The predicted molar refractivity (Wildman–Crippen MR) is 104 cm³/mol. The van der Waals surface area contributed by atoms with Crippen LogP contribution >= 0.6 is 23.2 Å². The minimum atomic E-state index is -0.402. The summed E-state index contributed by atoms with van der Waals surface area (Å²) < 4.78 is 0. The summed E-state index contributed by atoms with van der Waals surface area (Å²) in [4.78, 5) is 29.2. The van der Waals surface area contributed by atoms with Crippen LogP contribution in [0.4, 0.5) is 11.5 Å². The third-order valence-electron chi connectivity index (χ3n) is 4.43. The topological polar surface area (TPSA) is 71.1 Å².